The molecule has 0 spiro atoms. The van der Waals surface area contributed by atoms with E-state index in [1.165, 1.54) is 54.7 Å². The van der Waals surface area contributed by atoms with Crippen LogP contribution in [-0.2, 0) is 26.2 Å². The Balaban J connectivity index is 1.43. The van der Waals surface area contributed by atoms with E-state index in [1.54, 1.807) is 0 Å². The number of fused-ring (bicyclic) bond motifs is 2. The number of aromatic nitrogens is 2. The lowest BCUT2D eigenvalue weighted by molar-refractivity contribution is 0.213. The molecule has 8 bridgehead atoms. The number of aryl methyl sites for hydroxylation is 2. The first-order valence-corrected chi connectivity index (χ1v) is 13.1. The van der Waals surface area contributed by atoms with Crippen LogP contribution in [0.2, 0.25) is 0 Å². The van der Waals surface area contributed by atoms with Crippen LogP contribution in [0.15, 0.2) is 84.9 Å². The van der Waals surface area contributed by atoms with Crippen molar-refractivity contribution in [1.29, 1.82) is 0 Å². The Bertz CT molecular complexity index is 1600. The molecule has 4 aliphatic heterocycles. The average Bonchev–Trinajstić information content (AvgIpc) is 3.39. The molecule has 0 radical (unpaired) electrons. The molecule has 0 fully saturated rings. The van der Waals surface area contributed by atoms with Crippen molar-refractivity contribution in [2.24, 2.45) is 0 Å². The largest absolute Gasteiger partial charge is 0.396 e. The topological polar surface area (TPSA) is 33.3 Å². The molecule has 4 nitrogen and oxygen atoms in total. The van der Waals surface area contributed by atoms with Crippen molar-refractivity contribution in [3.8, 4) is 0 Å². The van der Waals surface area contributed by atoms with Gasteiger partial charge in [-0.05, 0) is 60.4 Å². The number of hydrogen-bond donors (Lipinski definition) is 1. The summed E-state index contributed by atoms with van der Waals surface area (Å²) in [5.74, 6) is 0. The number of hydrogen-bond acceptors (Lipinski definition) is 2. The van der Waals surface area contributed by atoms with Crippen LogP contribution in [-0.4, -0.2) is 32.3 Å². The number of aliphatic hydroxyl groups excluding tert-OH is 1. The van der Waals surface area contributed by atoms with Gasteiger partial charge in [0.1, 0.15) is 0 Å². The Kier molecular flexibility index (Phi) is 5.30. The maximum absolute atomic E-state index is 9.57. The Labute approximate surface area is 211 Å². The standard InChI is InChI=1S/C32H31N3O/c36-18-6-15-33-21-23-11-13-31-27(19-23)25-7-1-3-9-29(25)34(31)16-5-17-35-30-10-4-2-8-26(30)28-20-24(22-33)12-14-32(28)35/h1-4,7-14,19-20,36H,5-6,15-18,21-22H2. The molecular weight excluding hydrogens is 442 g/mol. The molecule has 0 saturated heterocycles. The molecule has 0 atom stereocenters. The van der Waals surface area contributed by atoms with Gasteiger partial charge in [-0.25, -0.2) is 0 Å². The molecule has 0 saturated carbocycles. The van der Waals surface area contributed by atoms with Crippen molar-refractivity contribution in [1.82, 2.24) is 14.0 Å². The van der Waals surface area contributed by atoms with Gasteiger partial charge in [0.2, 0.25) is 0 Å². The Hall–Kier alpha value is -3.60. The summed E-state index contributed by atoms with van der Waals surface area (Å²) in [5, 5.41) is 14.9. The fourth-order valence-electron chi connectivity index (χ4n) is 6.29. The highest BCUT2D eigenvalue weighted by molar-refractivity contribution is 6.09. The Morgan fingerprint density at radius 2 is 1.08 bits per heavy atom. The quantitative estimate of drug-likeness (QED) is 0.311. The van der Waals surface area contributed by atoms with Crippen molar-refractivity contribution in [3.05, 3.63) is 96.1 Å². The first-order chi connectivity index (χ1) is 17.8. The molecular formula is C32H31N3O. The SMILES string of the molecule is OCCCN1Cc2ccc3c(c2)c2ccccc2n3CCCn2c3ccccc3c3cc(ccc32)C1. The van der Waals surface area contributed by atoms with E-state index in [0.29, 0.717) is 0 Å². The molecule has 4 aliphatic rings. The first kappa shape index (κ1) is 21.7. The molecule has 36 heavy (non-hydrogen) atoms. The Morgan fingerprint density at radius 3 is 1.61 bits per heavy atom. The Morgan fingerprint density at radius 1 is 0.583 bits per heavy atom. The van der Waals surface area contributed by atoms with Gasteiger partial charge in [0.05, 0.1) is 0 Å². The summed E-state index contributed by atoms with van der Waals surface area (Å²) >= 11 is 0. The first-order valence-electron chi connectivity index (χ1n) is 13.1. The van der Waals surface area contributed by atoms with Crippen LogP contribution in [0.4, 0.5) is 0 Å². The van der Waals surface area contributed by atoms with E-state index in [4.69, 9.17) is 0 Å². The molecule has 2 aromatic heterocycles. The highest BCUT2D eigenvalue weighted by atomic mass is 16.3. The predicted molar refractivity (Wildman–Crippen MR) is 149 cm³/mol. The smallest absolute Gasteiger partial charge is 0.0491 e. The van der Waals surface area contributed by atoms with Crippen LogP contribution in [0.3, 0.4) is 0 Å². The third kappa shape index (κ3) is 3.52. The van der Waals surface area contributed by atoms with Gasteiger partial charge in [-0.15, -0.1) is 0 Å². The van der Waals surface area contributed by atoms with Crippen molar-refractivity contribution in [3.63, 3.8) is 0 Å². The summed E-state index contributed by atoms with van der Waals surface area (Å²) < 4.78 is 5.02. The van der Waals surface area contributed by atoms with E-state index in [-0.39, 0.29) is 6.61 Å². The van der Waals surface area contributed by atoms with Gasteiger partial charge in [0, 0.05) is 82.9 Å². The lowest BCUT2D eigenvalue weighted by Gasteiger charge is -2.23. The van der Waals surface area contributed by atoms with Crippen LogP contribution in [0.25, 0.3) is 43.6 Å². The minimum Gasteiger partial charge on any atom is -0.396 e. The molecule has 6 heterocycles. The van der Waals surface area contributed by atoms with Crippen molar-refractivity contribution >= 4 is 43.6 Å². The molecule has 0 amide bonds. The van der Waals surface area contributed by atoms with Crippen molar-refractivity contribution in [2.45, 2.75) is 39.0 Å². The number of nitrogens with zero attached hydrogens (tertiary/aromatic N) is 3. The summed E-state index contributed by atoms with van der Waals surface area (Å²) in [4.78, 5) is 2.47. The lowest BCUT2D eigenvalue weighted by atomic mass is 10.1. The minimum absolute atomic E-state index is 0.218. The highest BCUT2D eigenvalue weighted by Crippen LogP contribution is 2.33. The van der Waals surface area contributed by atoms with Gasteiger partial charge >= 0.3 is 0 Å². The summed E-state index contributed by atoms with van der Waals surface area (Å²) in [6.45, 7) is 4.80. The molecule has 10 rings (SSSR count). The average molecular weight is 474 g/mol. The van der Waals surface area contributed by atoms with E-state index in [9.17, 15) is 5.11 Å². The van der Waals surface area contributed by atoms with Crippen LogP contribution in [0, 0.1) is 0 Å². The van der Waals surface area contributed by atoms with Gasteiger partial charge in [-0.2, -0.15) is 0 Å². The van der Waals surface area contributed by atoms with Gasteiger partial charge in [-0.3, -0.25) is 4.90 Å². The predicted octanol–water partition coefficient (Wildman–Crippen LogP) is 6.69. The number of rotatable bonds is 3. The monoisotopic (exact) mass is 473 g/mol. The van der Waals surface area contributed by atoms with Crippen LogP contribution >= 0.6 is 0 Å². The van der Waals surface area contributed by atoms with Gasteiger partial charge in [0.15, 0.2) is 0 Å². The molecule has 0 unspecified atom stereocenters. The van der Waals surface area contributed by atoms with E-state index in [0.717, 1.165) is 45.6 Å². The van der Waals surface area contributed by atoms with Crippen LogP contribution < -0.4 is 0 Å². The van der Waals surface area contributed by atoms with E-state index < -0.39 is 0 Å². The number of benzene rings is 4. The fraction of sp³-hybridized carbons (Fsp3) is 0.250. The van der Waals surface area contributed by atoms with Gasteiger partial charge in [-0.1, -0.05) is 48.5 Å². The molecule has 1 N–H and O–H groups in total. The fourth-order valence-corrected chi connectivity index (χ4v) is 6.29. The van der Waals surface area contributed by atoms with Gasteiger partial charge in [0.25, 0.3) is 0 Å². The zero-order valence-electron chi connectivity index (χ0n) is 20.5. The maximum atomic E-state index is 9.57. The third-order valence-electron chi connectivity index (χ3n) is 7.88. The summed E-state index contributed by atoms with van der Waals surface area (Å²) in [7, 11) is 0. The molecule has 180 valence electrons. The second-order valence-corrected chi connectivity index (χ2v) is 10.2. The van der Waals surface area contributed by atoms with Gasteiger partial charge < -0.3 is 14.2 Å². The molecule has 6 aromatic rings. The maximum Gasteiger partial charge on any atom is 0.0491 e. The van der Waals surface area contributed by atoms with E-state index in [1.807, 2.05) is 0 Å². The molecule has 4 aromatic carbocycles. The number of aliphatic hydroxyl groups is 1. The summed E-state index contributed by atoms with van der Waals surface area (Å²) in [6.07, 6.45) is 1.85. The van der Waals surface area contributed by atoms with E-state index in [2.05, 4.69) is 99.0 Å². The summed E-state index contributed by atoms with van der Waals surface area (Å²) in [6, 6.07) is 31.7. The third-order valence-corrected chi connectivity index (χ3v) is 7.88. The molecule has 4 heteroatoms. The molecule has 0 aliphatic carbocycles. The van der Waals surface area contributed by atoms with Crippen LogP contribution in [0.1, 0.15) is 24.0 Å². The lowest BCUT2D eigenvalue weighted by Crippen LogP contribution is -2.24. The van der Waals surface area contributed by atoms with Crippen LogP contribution in [0.5, 0.6) is 0 Å². The zero-order valence-corrected chi connectivity index (χ0v) is 20.5. The van der Waals surface area contributed by atoms with Crippen molar-refractivity contribution < 1.29 is 5.11 Å². The zero-order chi connectivity index (χ0) is 24.1. The normalized spacial score (nSPS) is 15.0. The second kappa shape index (κ2) is 8.81. The van der Waals surface area contributed by atoms with E-state index >= 15 is 0 Å². The summed E-state index contributed by atoms with van der Waals surface area (Å²) in [5.41, 5.74) is 7.93. The second-order valence-electron chi connectivity index (χ2n) is 10.2. The minimum atomic E-state index is 0.218. The number of para-hydroxylation sites is 2. The highest BCUT2D eigenvalue weighted by Gasteiger charge is 2.16. The van der Waals surface area contributed by atoms with Crippen molar-refractivity contribution in [2.75, 3.05) is 13.2 Å².